The molecule has 1 unspecified atom stereocenters. The molecule has 0 aromatic heterocycles. The van der Waals surface area contributed by atoms with Crippen LogP contribution in [0.4, 0.5) is 10.5 Å². The van der Waals surface area contributed by atoms with Crippen LogP contribution in [-0.2, 0) is 4.74 Å². The number of carbonyl (C=O) groups excluding carboxylic acids is 2. The minimum absolute atomic E-state index is 0.0412. The first kappa shape index (κ1) is 32.7. The van der Waals surface area contributed by atoms with E-state index in [1.54, 1.807) is 11.0 Å². The van der Waals surface area contributed by atoms with Gasteiger partial charge in [0.25, 0.3) is 5.91 Å². The molecule has 2 N–H and O–H groups in total. The van der Waals surface area contributed by atoms with E-state index < -0.39 is 6.23 Å². The maximum atomic E-state index is 12.7. The van der Waals surface area contributed by atoms with Crippen LogP contribution in [-0.4, -0.2) is 84.2 Å². The van der Waals surface area contributed by atoms with Gasteiger partial charge in [0.2, 0.25) is 0 Å². The van der Waals surface area contributed by atoms with E-state index in [1.807, 2.05) is 72.8 Å². The Bertz CT molecular complexity index is 1380. The van der Waals surface area contributed by atoms with E-state index in [4.69, 9.17) is 4.74 Å². The van der Waals surface area contributed by atoms with E-state index in [2.05, 4.69) is 22.2 Å². The van der Waals surface area contributed by atoms with Gasteiger partial charge in [0.1, 0.15) is 6.10 Å². The molecule has 240 valence electrons. The first-order valence-corrected chi connectivity index (χ1v) is 16.6. The van der Waals surface area contributed by atoms with Crippen LogP contribution in [0.1, 0.15) is 73.5 Å². The predicted molar refractivity (Wildman–Crippen MR) is 179 cm³/mol. The summed E-state index contributed by atoms with van der Waals surface area (Å²) >= 11 is 0. The average molecular weight is 613 g/mol. The van der Waals surface area contributed by atoms with Gasteiger partial charge in [-0.25, -0.2) is 4.79 Å². The molecular formula is C37H48N4O4. The van der Waals surface area contributed by atoms with Gasteiger partial charge in [-0.15, -0.1) is 0 Å². The number of likely N-dealkylation sites (N-methyl/N-ethyl adjacent to an activating group) is 1. The number of likely N-dealkylation sites (tertiary alicyclic amines) is 1. The predicted octanol–water partition coefficient (Wildman–Crippen LogP) is 6.79. The summed E-state index contributed by atoms with van der Waals surface area (Å²) in [4.78, 5) is 31.6. The van der Waals surface area contributed by atoms with E-state index in [0.29, 0.717) is 17.7 Å². The summed E-state index contributed by atoms with van der Waals surface area (Å²) < 4.78 is 5.79. The Hall–Kier alpha value is -3.72. The van der Waals surface area contributed by atoms with Crippen molar-refractivity contribution in [2.75, 3.05) is 51.6 Å². The lowest BCUT2D eigenvalue weighted by Crippen LogP contribution is -2.38. The third kappa shape index (κ3) is 9.16. The van der Waals surface area contributed by atoms with Crippen LogP contribution < -0.4 is 5.32 Å². The van der Waals surface area contributed by atoms with Crippen molar-refractivity contribution in [3.8, 4) is 11.1 Å². The summed E-state index contributed by atoms with van der Waals surface area (Å²) in [5, 5.41) is 13.5. The molecule has 8 heteroatoms. The number of carbonyl (C=O) groups is 2. The Kier molecular flexibility index (Phi) is 12.0. The van der Waals surface area contributed by atoms with Crippen molar-refractivity contribution in [2.45, 2.75) is 63.7 Å². The van der Waals surface area contributed by atoms with Crippen LogP contribution in [0.3, 0.4) is 0 Å². The lowest BCUT2D eigenvalue weighted by Gasteiger charge is -2.31. The summed E-state index contributed by atoms with van der Waals surface area (Å²) in [5.41, 5.74) is 4.14. The van der Waals surface area contributed by atoms with Crippen molar-refractivity contribution >= 4 is 17.7 Å². The number of benzene rings is 3. The molecule has 0 aliphatic carbocycles. The number of anilines is 1. The summed E-state index contributed by atoms with van der Waals surface area (Å²) in [6, 6.07) is 25.2. The second-order valence-corrected chi connectivity index (χ2v) is 12.4. The molecule has 8 nitrogen and oxygen atoms in total. The molecule has 1 fully saturated rings. The number of nitrogens with one attached hydrogen (secondary N) is 1. The topological polar surface area (TPSA) is 85.4 Å². The van der Waals surface area contributed by atoms with Crippen LogP contribution in [0.25, 0.3) is 11.1 Å². The maximum absolute atomic E-state index is 12.7. The molecule has 5 rings (SSSR count). The van der Waals surface area contributed by atoms with Crippen LogP contribution in [0.15, 0.2) is 78.9 Å². The van der Waals surface area contributed by atoms with Gasteiger partial charge in [-0.1, -0.05) is 92.4 Å². The Balaban J connectivity index is 0.878. The fraction of sp³-hybridized carbons (Fsp3) is 0.459. The van der Waals surface area contributed by atoms with Gasteiger partial charge in [0.15, 0.2) is 6.23 Å². The summed E-state index contributed by atoms with van der Waals surface area (Å²) in [7, 11) is 2.09. The molecule has 2 aliphatic heterocycles. The van der Waals surface area contributed by atoms with Crippen molar-refractivity contribution in [2.24, 2.45) is 0 Å². The highest BCUT2D eigenvalue weighted by Gasteiger charge is 2.34. The molecule has 0 saturated carbocycles. The van der Waals surface area contributed by atoms with Crippen LogP contribution in [0.5, 0.6) is 0 Å². The number of ether oxygens (including phenoxy) is 1. The fourth-order valence-electron chi connectivity index (χ4n) is 6.39. The molecular weight excluding hydrogens is 564 g/mol. The molecule has 3 aromatic carbocycles. The summed E-state index contributed by atoms with van der Waals surface area (Å²) in [5.74, 6) is -0.0757. The zero-order valence-corrected chi connectivity index (χ0v) is 26.6. The highest BCUT2D eigenvalue weighted by Crippen LogP contribution is 2.31. The first-order chi connectivity index (χ1) is 22.0. The Morgan fingerprint density at radius 3 is 2.22 bits per heavy atom. The molecule has 0 bridgehead atoms. The van der Waals surface area contributed by atoms with Crippen molar-refractivity contribution in [1.29, 1.82) is 0 Å². The second-order valence-electron chi connectivity index (χ2n) is 12.4. The Morgan fingerprint density at radius 1 is 0.822 bits per heavy atom. The minimum Gasteiger partial charge on any atom is -0.446 e. The second kappa shape index (κ2) is 16.5. The number of para-hydroxylation sites is 1. The number of unbranched alkanes of at least 4 members (excludes halogenated alkanes) is 5. The highest BCUT2D eigenvalue weighted by molar-refractivity contribution is 5.98. The molecule has 1 atom stereocenters. The van der Waals surface area contributed by atoms with E-state index in [-0.39, 0.29) is 18.1 Å². The largest absolute Gasteiger partial charge is 0.446 e. The molecule has 45 heavy (non-hydrogen) atoms. The van der Waals surface area contributed by atoms with E-state index in [1.165, 1.54) is 32.1 Å². The lowest BCUT2D eigenvalue weighted by molar-refractivity contribution is 0.0146. The van der Waals surface area contributed by atoms with Crippen LogP contribution in [0, 0.1) is 0 Å². The van der Waals surface area contributed by atoms with Crippen molar-refractivity contribution < 1.29 is 19.4 Å². The highest BCUT2D eigenvalue weighted by atomic mass is 16.6. The summed E-state index contributed by atoms with van der Waals surface area (Å²) in [6.45, 7) is 5.33. The molecule has 2 aliphatic rings. The Labute approximate surface area is 268 Å². The molecule has 1 saturated heterocycles. The number of piperidine rings is 1. The smallest absolute Gasteiger partial charge is 0.411 e. The number of hydrogen-bond donors (Lipinski definition) is 2. The lowest BCUT2D eigenvalue weighted by atomic mass is 10.0. The minimum atomic E-state index is -0.831. The number of fused-ring (bicyclic) bond motifs is 1. The van der Waals surface area contributed by atoms with Crippen LogP contribution in [0.2, 0.25) is 0 Å². The zero-order chi connectivity index (χ0) is 31.4. The molecule has 2 amide bonds. The van der Waals surface area contributed by atoms with Crippen molar-refractivity contribution in [3.63, 3.8) is 0 Å². The standard InChI is InChI=1S/C37H48N4O4/c1-39(27-28-41-35(42)32-18-9-10-19-33(32)36(41)43)23-13-4-2-3-5-14-24-40-25-21-30(22-26-40)45-37(44)38-34-20-12-11-17-31(34)29-15-7-6-8-16-29/h6-12,15-20,30,35,42H,2-5,13-14,21-28H2,1H3,(H,38,44). The number of aliphatic hydroxyl groups is 1. The van der Waals surface area contributed by atoms with E-state index in [0.717, 1.165) is 68.8 Å². The maximum Gasteiger partial charge on any atom is 0.411 e. The number of rotatable bonds is 15. The van der Waals surface area contributed by atoms with Gasteiger partial charge in [-0.2, -0.15) is 0 Å². The summed E-state index contributed by atoms with van der Waals surface area (Å²) in [6.07, 6.45) is 7.79. The normalized spacial score (nSPS) is 17.1. The third-order valence-electron chi connectivity index (χ3n) is 9.07. The van der Waals surface area contributed by atoms with Crippen molar-refractivity contribution in [3.05, 3.63) is 90.0 Å². The van der Waals surface area contributed by atoms with Gasteiger partial charge < -0.3 is 24.5 Å². The number of hydrogen-bond acceptors (Lipinski definition) is 6. The van der Waals surface area contributed by atoms with Gasteiger partial charge in [-0.05, 0) is 63.5 Å². The van der Waals surface area contributed by atoms with Gasteiger partial charge in [0.05, 0.1) is 5.69 Å². The Morgan fingerprint density at radius 2 is 1.47 bits per heavy atom. The van der Waals surface area contributed by atoms with E-state index in [9.17, 15) is 14.7 Å². The van der Waals surface area contributed by atoms with E-state index >= 15 is 0 Å². The first-order valence-electron chi connectivity index (χ1n) is 16.6. The molecule has 3 aromatic rings. The van der Waals surface area contributed by atoms with Gasteiger partial charge in [0, 0.05) is 42.9 Å². The molecule has 2 heterocycles. The van der Waals surface area contributed by atoms with Gasteiger partial charge >= 0.3 is 6.09 Å². The molecule has 0 radical (unpaired) electrons. The SMILES string of the molecule is CN(CCCCCCCCN1CCC(OC(=O)Nc2ccccc2-c2ccccc2)CC1)CCN1C(=O)c2ccccc2C1O. The molecule has 0 spiro atoms. The third-order valence-corrected chi connectivity index (χ3v) is 9.07. The number of nitrogens with zero attached hydrogens (tertiary/aromatic N) is 3. The van der Waals surface area contributed by atoms with Crippen LogP contribution >= 0.6 is 0 Å². The van der Waals surface area contributed by atoms with Gasteiger partial charge in [-0.3, -0.25) is 10.1 Å². The van der Waals surface area contributed by atoms with Crippen molar-refractivity contribution in [1.82, 2.24) is 14.7 Å². The average Bonchev–Trinajstić information content (AvgIpc) is 3.31. The fourth-order valence-corrected chi connectivity index (χ4v) is 6.39. The quantitative estimate of drug-likeness (QED) is 0.184. The number of amides is 2. The zero-order valence-electron chi connectivity index (χ0n) is 26.6. The number of aliphatic hydroxyl groups excluding tert-OH is 1. The monoisotopic (exact) mass is 612 g/mol.